The fourth-order valence-electron chi connectivity index (χ4n) is 1.11. The number of hydrogen-bond acceptors (Lipinski definition) is 5. The van der Waals surface area contributed by atoms with Gasteiger partial charge in [0, 0.05) is 5.56 Å². The third-order valence-electron chi connectivity index (χ3n) is 1.78. The Bertz CT molecular complexity index is 523. The topological polar surface area (TPSA) is 89.5 Å². The summed E-state index contributed by atoms with van der Waals surface area (Å²) in [5.41, 5.74) is -0.149. The summed E-state index contributed by atoms with van der Waals surface area (Å²) < 4.78 is 29.5. The van der Waals surface area contributed by atoms with Crippen LogP contribution < -0.4 is 4.72 Å². The minimum atomic E-state index is -4.11. The minimum Gasteiger partial charge on any atom is -0.449 e. The molecule has 0 saturated carbocycles. The molecule has 1 N–H and O–H groups in total. The molecule has 1 amide bonds. The number of amides is 1. The van der Waals surface area contributed by atoms with Crippen LogP contribution in [0.5, 0.6) is 0 Å². The highest BCUT2D eigenvalue weighted by atomic mass is 32.2. The third-order valence-corrected chi connectivity index (χ3v) is 3.15. The first-order valence-electron chi connectivity index (χ1n) is 4.68. The summed E-state index contributed by atoms with van der Waals surface area (Å²) in [4.78, 5) is 21.3. The second kappa shape index (κ2) is 5.44. The predicted molar refractivity (Wildman–Crippen MR) is 58.6 cm³/mol. The number of sulfonamides is 1. The van der Waals surface area contributed by atoms with Crippen LogP contribution >= 0.6 is 0 Å². The summed E-state index contributed by atoms with van der Waals surface area (Å²) in [6, 6.07) is 5.40. The van der Waals surface area contributed by atoms with Crippen molar-refractivity contribution in [2.24, 2.45) is 0 Å². The van der Waals surface area contributed by atoms with E-state index in [9.17, 15) is 18.0 Å². The predicted octanol–water partition coefficient (Wildman–Crippen LogP) is 0.579. The molecule has 0 atom stereocenters. The van der Waals surface area contributed by atoms with E-state index in [0.29, 0.717) is 0 Å². The van der Waals surface area contributed by atoms with Gasteiger partial charge in [0.2, 0.25) is 6.29 Å². The second-order valence-corrected chi connectivity index (χ2v) is 4.58. The number of benzene rings is 1. The van der Waals surface area contributed by atoms with Crippen molar-refractivity contribution in [3.05, 3.63) is 29.8 Å². The zero-order chi connectivity index (χ0) is 12.9. The van der Waals surface area contributed by atoms with E-state index in [2.05, 4.69) is 4.74 Å². The van der Waals surface area contributed by atoms with Gasteiger partial charge in [0.1, 0.15) is 0 Å². The Labute approximate surface area is 98.6 Å². The lowest BCUT2D eigenvalue weighted by Crippen LogP contribution is -2.31. The van der Waals surface area contributed by atoms with Crippen LogP contribution in [0.1, 0.15) is 12.5 Å². The van der Waals surface area contributed by atoms with Gasteiger partial charge in [-0.25, -0.2) is 17.9 Å². The van der Waals surface area contributed by atoms with Gasteiger partial charge in [-0.1, -0.05) is 12.1 Å². The van der Waals surface area contributed by atoms with Crippen LogP contribution in [0.4, 0.5) is 4.79 Å². The Morgan fingerprint density at radius 2 is 2.06 bits per heavy atom. The first kappa shape index (κ1) is 13.2. The zero-order valence-electron chi connectivity index (χ0n) is 8.97. The molecule has 0 aliphatic rings. The quantitative estimate of drug-likeness (QED) is 0.851. The molecule has 91 valence electrons. The van der Waals surface area contributed by atoms with E-state index in [1.54, 1.807) is 11.6 Å². The molecule has 7 heteroatoms. The number of carbonyl (C=O) groups excluding carboxylic acids is 2. The van der Waals surface area contributed by atoms with Crippen LogP contribution in [0, 0.1) is 0 Å². The molecule has 1 aromatic rings. The Morgan fingerprint density at radius 1 is 1.41 bits per heavy atom. The third kappa shape index (κ3) is 3.28. The minimum absolute atomic E-state index is 0.0445. The van der Waals surface area contributed by atoms with E-state index in [-0.39, 0.29) is 17.1 Å². The first-order valence-corrected chi connectivity index (χ1v) is 6.16. The lowest BCUT2D eigenvalue weighted by molar-refractivity contribution is 0.158. The summed E-state index contributed by atoms with van der Waals surface area (Å²) in [5.74, 6) is 0. The van der Waals surface area contributed by atoms with E-state index in [1.807, 2.05) is 0 Å². The molecule has 0 aromatic heterocycles. The van der Waals surface area contributed by atoms with Crippen molar-refractivity contribution in [2.45, 2.75) is 11.8 Å². The van der Waals surface area contributed by atoms with Crippen molar-refractivity contribution >= 4 is 22.4 Å². The van der Waals surface area contributed by atoms with Crippen molar-refractivity contribution < 1.29 is 22.7 Å². The molecule has 0 aliphatic heterocycles. The van der Waals surface area contributed by atoms with Crippen LogP contribution in [-0.4, -0.2) is 27.4 Å². The average Bonchev–Trinajstić information content (AvgIpc) is 2.28. The van der Waals surface area contributed by atoms with Gasteiger partial charge in [0.15, 0.2) is 0 Å². The van der Waals surface area contributed by atoms with Gasteiger partial charge in [-0.2, -0.15) is 0 Å². The van der Waals surface area contributed by atoms with Crippen LogP contribution in [0.25, 0.3) is 0 Å². The van der Waals surface area contributed by atoms with Gasteiger partial charge in [-0.15, -0.1) is 0 Å². The largest absolute Gasteiger partial charge is 0.449 e. The second-order valence-electron chi connectivity index (χ2n) is 2.92. The van der Waals surface area contributed by atoms with Crippen LogP contribution in [0.3, 0.4) is 0 Å². The number of nitrogens with one attached hydrogen (secondary N) is 1. The Balaban J connectivity index is 3.05. The number of carbonyl (C=O) groups is 1. The Morgan fingerprint density at radius 3 is 2.65 bits per heavy atom. The summed E-state index contributed by atoms with van der Waals surface area (Å²) in [7, 11) is -4.11. The van der Waals surface area contributed by atoms with Crippen LogP contribution in [0.2, 0.25) is 0 Å². The molecule has 17 heavy (non-hydrogen) atoms. The van der Waals surface area contributed by atoms with Gasteiger partial charge in [0.05, 0.1) is 11.5 Å². The normalized spacial score (nSPS) is 10.6. The standard InChI is InChI=1S/C10H10NO5S/c1-2-16-10(13)11-17(14,15)9-6-4-3-5-8(9)7-12/h3-6H,2H2,1H3,(H,11,13). The molecule has 0 bridgehead atoms. The number of rotatable bonds is 4. The van der Waals surface area contributed by atoms with E-state index < -0.39 is 16.1 Å². The molecule has 6 nitrogen and oxygen atoms in total. The van der Waals surface area contributed by atoms with Gasteiger partial charge in [0.25, 0.3) is 10.0 Å². The SMILES string of the molecule is CCOC(=O)NS(=O)(=O)c1ccccc1[C]=O. The summed E-state index contributed by atoms with van der Waals surface area (Å²) >= 11 is 0. The molecule has 0 heterocycles. The molecule has 1 radical (unpaired) electrons. The highest BCUT2D eigenvalue weighted by Gasteiger charge is 2.21. The van der Waals surface area contributed by atoms with Crippen molar-refractivity contribution in [3.8, 4) is 0 Å². The molecule has 1 rings (SSSR count). The molecule has 0 saturated heterocycles. The molecule has 0 aliphatic carbocycles. The summed E-state index contributed by atoms with van der Waals surface area (Å²) in [6.07, 6.45) is 0.396. The Kier molecular flexibility index (Phi) is 4.22. The maximum absolute atomic E-state index is 11.7. The van der Waals surface area contributed by atoms with Crippen molar-refractivity contribution in [2.75, 3.05) is 6.61 Å². The van der Waals surface area contributed by atoms with Crippen molar-refractivity contribution in [3.63, 3.8) is 0 Å². The van der Waals surface area contributed by atoms with Gasteiger partial charge < -0.3 is 4.74 Å². The van der Waals surface area contributed by atoms with Crippen LogP contribution in [-0.2, 0) is 19.6 Å². The maximum Gasteiger partial charge on any atom is 0.421 e. The van der Waals surface area contributed by atoms with E-state index >= 15 is 0 Å². The van der Waals surface area contributed by atoms with Gasteiger partial charge in [-0.3, -0.25) is 4.79 Å². The van der Waals surface area contributed by atoms with E-state index in [0.717, 1.165) is 0 Å². The first-order chi connectivity index (χ1) is 8.01. The number of ether oxygens (including phenoxy) is 1. The van der Waals surface area contributed by atoms with Crippen LogP contribution in [0.15, 0.2) is 29.2 Å². The zero-order valence-corrected chi connectivity index (χ0v) is 9.78. The molecule has 0 unspecified atom stereocenters. The van der Waals surface area contributed by atoms with E-state index in [4.69, 9.17) is 0 Å². The Hall–Kier alpha value is -1.89. The summed E-state index contributed by atoms with van der Waals surface area (Å²) in [5, 5.41) is 0. The van der Waals surface area contributed by atoms with Crippen molar-refractivity contribution in [1.82, 2.24) is 4.72 Å². The molecular formula is C10H10NO5S. The fraction of sp³-hybridized carbons (Fsp3) is 0.200. The lowest BCUT2D eigenvalue weighted by Gasteiger charge is -2.07. The molecule has 0 spiro atoms. The summed E-state index contributed by atoms with van der Waals surface area (Å²) in [6.45, 7) is 1.59. The molecule has 1 aromatic carbocycles. The average molecular weight is 256 g/mol. The number of hydrogen-bond donors (Lipinski definition) is 1. The van der Waals surface area contributed by atoms with Gasteiger partial charge >= 0.3 is 6.09 Å². The molecule has 0 fully saturated rings. The van der Waals surface area contributed by atoms with Crippen molar-refractivity contribution in [1.29, 1.82) is 0 Å². The van der Waals surface area contributed by atoms with E-state index in [1.165, 1.54) is 30.6 Å². The fourth-order valence-corrected chi connectivity index (χ4v) is 2.16. The maximum atomic E-state index is 11.7. The smallest absolute Gasteiger partial charge is 0.421 e. The monoisotopic (exact) mass is 256 g/mol. The highest BCUT2D eigenvalue weighted by Crippen LogP contribution is 2.13. The lowest BCUT2D eigenvalue weighted by atomic mass is 10.2. The van der Waals surface area contributed by atoms with Gasteiger partial charge in [-0.05, 0) is 19.1 Å². The molecular weight excluding hydrogens is 246 g/mol. The highest BCUT2D eigenvalue weighted by molar-refractivity contribution is 7.90.